The molecule has 0 fully saturated rings. The molecule has 0 N–H and O–H groups in total. The molecule has 0 bridgehead atoms. The lowest BCUT2D eigenvalue weighted by Crippen LogP contribution is -2.09. The fourth-order valence-corrected chi connectivity index (χ4v) is 0.801. The molecule has 0 aromatic carbocycles. The molecule has 0 saturated heterocycles. The summed E-state index contributed by atoms with van der Waals surface area (Å²) in [6.07, 6.45) is 5.24. The summed E-state index contributed by atoms with van der Waals surface area (Å²) in [5.41, 5.74) is 0. The predicted molar refractivity (Wildman–Crippen MR) is 31.3 cm³/mol. The van der Waals surface area contributed by atoms with Crippen molar-refractivity contribution in [3.8, 4) is 0 Å². The second kappa shape index (κ2) is 1.65. The Labute approximate surface area is 52.2 Å². The van der Waals surface area contributed by atoms with Gasteiger partial charge in [0.2, 0.25) is 6.33 Å². The van der Waals surface area contributed by atoms with Crippen molar-refractivity contribution in [2.75, 3.05) is 6.54 Å². The molecule has 0 amide bonds. The molecule has 1 radical (unpaired) electrons. The Balaban J connectivity index is 2.53. The Morgan fingerprint density at radius 1 is 1.67 bits per heavy atom. The van der Waals surface area contributed by atoms with Crippen molar-refractivity contribution in [1.82, 2.24) is 14.8 Å². The molecule has 0 atom stereocenters. The third kappa shape index (κ3) is 0.630. The van der Waals surface area contributed by atoms with Crippen LogP contribution >= 0.6 is 0 Å². The van der Waals surface area contributed by atoms with Crippen LogP contribution in [0.2, 0.25) is 0 Å². The van der Waals surface area contributed by atoms with Crippen molar-refractivity contribution in [2.45, 2.75) is 6.42 Å². The van der Waals surface area contributed by atoms with Gasteiger partial charge in [-0.3, -0.25) is 9.56 Å². The number of fused-ring (bicyclic) bond motifs is 1. The summed E-state index contributed by atoms with van der Waals surface area (Å²) < 4.78 is 1.71. The van der Waals surface area contributed by atoms with Gasteiger partial charge in [0.25, 0.3) is 0 Å². The van der Waals surface area contributed by atoms with E-state index in [0.717, 1.165) is 18.8 Å². The van der Waals surface area contributed by atoms with E-state index in [-0.39, 0.29) is 0 Å². The maximum Gasteiger partial charge on any atom is 0.207 e. The van der Waals surface area contributed by atoms with E-state index in [2.05, 4.69) is 21.5 Å². The molecule has 2 rings (SSSR count). The molecule has 2 heterocycles. The van der Waals surface area contributed by atoms with Gasteiger partial charge in [0.15, 0.2) is 0 Å². The second-order valence-electron chi connectivity index (χ2n) is 1.86. The van der Waals surface area contributed by atoms with Crippen LogP contribution in [0.3, 0.4) is 0 Å². The summed E-state index contributed by atoms with van der Waals surface area (Å²) in [6, 6.07) is 0. The molecule has 9 heavy (non-hydrogen) atoms. The van der Waals surface area contributed by atoms with Crippen LogP contribution in [-0.2, 0) is 6.42 Å². The van der Waals surface area contributed by atoms with Crippen LogP contribution in [0.15, 0.2) is 4.99 Å². The van der Waals surface area contributed by atoms with Crippen LogP contribution in [0, 0.1) is 6.33 Å². The third-order valence-corrected chi connectivity index (χ3v) is 1.26. The van der Waals surface area contributed by atoms with Crippen LogP contribution < -0.4 is 0 Å². The van der Waals surface area contributed by atoms with Gasteiger partial charge in [-0.15, -0.1) is 10.2 Å². The molecule has 0 spiro atoms. The van der Waals surface area contributed by atoms with Crippen LogP contribution in [0.5, 0.6) is 0 Å². The van der Waals surface area contributed by atoms with Crippen LogP contribution in [0.25, 0.3) is 0 Å². The minimum absolute atomic E-state index is 0.826. The monoisotopic (exact) mass is 121 g/mol. The number of aromatic nitrogens is 3. The van der Waals surface area contributed by atoms with E-state index >= 15 is 0 Å². The Morgan fingerprint density at radius 3 is 3.56 bits per heavy atom. The standard InChI is InChI=1S/C5H5N4/c1-2-6-3-9-4-7-8-5(1)9/h3H,1-2H2. The Kier molecular flexibility index (Phi) is 0.855. The first kappa shape index (κ1) is 4.67. The fourth-order valence-electron chi connectivity index (χ4n) is 0.801. The average molecular weight is 121 g/mol. The molecule has 1 aliphatic heterocycles. The number of aliphatic imine (C=N–C) groups is 1. The van der Waals surface area contributed by atoms with Crippen LogP contribution in [-0.4, -0.2) is 27.6 Å². The van der Waals surface area contributed by atoms with Crippen LogP contribution in [0.4, 0.5) is 0 Å². The predicted octanol–water partition coefficient (Wildman–Crippen LogP) is -0.489. The molecule has 45 valence electrons. The minimum Gasteiger partial charge on any atom is -0.274 e. The summed E-state index contributed by atoms with van der Waals surface area (Å²) in [7, 11) is 0. The highest BCUT2D eigenvalue weighted by Crippen LogP contribution is 1.96. The smallest absolute Gasteiger partial charge is 0.207 e. The molecule has 4 nitrogen and oxygen atoms in total. The van der Waals surface area contributed by atoms with E-state index in [9.17, 15) is 0 Å². The number of hydrogen-bond donors (Lipinski definition) is 0. The van der Waals surface area contributed by atoms with Crippen LogP contribution in [0.1, 0.15) is 5.82 Å². The third-order valence-electron chi connectivity index (χ3n) is 1.26. The second-order valence-corrected chi connectivity index (χ2v) is 1.86. The van der Waals surface area contributed by atoms with Gasteiger partial charge in [0.1, 0.15) is 5.82 Å². The van der Waals surface area contributed by atoms with Crippen molar-refractivity contribution >= 4 is 6.34 Å². The molecule has 1 aromatic heterocycles. The molecule has 0 saturated carbocycles. The largest absolute Gasteiger partial charge is 0.274 e. The molecule has 1 aliphatic rings. The quantitative estimate of drug-likeness (QED) is 0.465. The molecular weight excluding hydrogens is 116 g/mol. The topological polar surface area (TPSA) is 43.1 Å². The van der Waals surface area contributed by atoms with Gasteiger partial charge < -0.3 is 0 Å². The van der Waals surface area contributed by atoms with E-state index in [1.54, 1.807) is 10.9 Å². The van der Waals surface area contributed by atoms with Gasteiger partial charge in [-0.25, -0.2) is 0 Å². The first-order valence-electron chi connectivity index (χ1n) is 2.78. The highest BCUT2D eigenvalue weighted by molar-refractivity contribution is 5.59. The Bertz CT molecular complexity index is 237. The number of hydrogen-bond acceptors (Lipinski definition) is 3. The summed E-state index contributed by atoms with van der Waals surface area (Å²) in [5, 5.41) is 7.42. The van der Waals surface area contributed by atoms with E-state index in [1.165, 1.54) is 0 Å². The lowest BCUT2D eigenvalue weighted by molar-refractivity contribution is 0.819. The highest BCUT2D eigenvalue weighted by atomic mass is 15.3. The van der Waals surface area contributed by atoms with Gasteiger partial charge in [-0.2, -0.15) is 0 Å². The van der Waals surface area contributed by atoms with Gasteiger partial charge in [-0.05, 0) is 0 Å². The van der Waals surface area contributed by atoms with Crippen molar-refractivity contribution in [3.05, 3.63) is 12.2 Å². The fraction of sp³-hybridized carbons (Fsp3) is 0.400. The van der Waals surface area contributed by atoms with Gasteiger partial charge in [-0.1, -0.05) is 0 Å². The van der Waals surface area contributed by atoms with Gasteiger partial charge in [0, 0.05) is 13.0 Å². The zero-order valence-electron chi connectivity index (χ0n) is 4.78. The first-order chi connectivity index (χ1) is 4.47. The minimum atomic E-state index is 0.826. The van der Waals surface area contributed by atoms with E-state index in [4.69, 9.17) is 0 Å². The summed E-state index contributed by atoms with van der Waals surface area (Å²) in [4.78, 5) is 4.02. The molecular formula is C5H5N4. The summed E-state index contributed by atoms with van der Waals surface area (Å²) in [6.45, 7) is 0.826. The van der Waals surface area contributed by atoms with Crippen molar-refractivity contribution in [2.24, 2.45) is 4.99 Å². The summed E-state index contributed by atoms with van der Waals surface area (Å²) in [5.74, 6) is 0.949. The maximum atomic E-state index is 4.02. The Morgan fingerprint density at radius 2 is 2.67 bits per heavy atom. The van der Waals surface area contributed by atoms with Crippen molar-refractivity contribution in [3.63, 3.8) is 0 Å². The van der Waals surface area contributed by atoms with Gasteiger partial charge >= 0.3 is 0 Å². The van der Waals surface area contributed by atoms with E-state index < -0.39 is 0 Å². The maximum absolute atomic E-state index is 4.02. The number of nitrogens with zero attached hydrogens (tertiary/aromatic N) is 4. The SMILES string of the molecule is [c]1nnc2n1C=NCC2. The average Bonchev–Trinajstić information content (AvgIpc) is 2.33. The van der Waals surface area contributed by atoms with E-state index in [1.807, 2.05) is 0 Å². The van der Waals surface area contributed by atoms with E-state index in [0.29, 0.717) is 0 Å². The van der Waals surface area contributed by atoms with Gasteiger partial charge in [0.05, 0.1) is 6.34 Å². The number of rotatable bonds is 0. The zero-order chi connectivity index (χ0) is 6.10. The Hall–Kier alpha value is -1.19. The zero-order valence-corrected chi connectivity index (χ0v) is 4.78. The molecule has 1 aromatic rings. The lowest BCUT2D eigenvalue weighted by Gasteiger charge is -2.01. The normalized spacial score (nSPS) is 15.6. The first-order valence-corrected chi connectivity index (χ1v) is 2.78. The highest BCUT2D eigenvalue weighted by Gasteiger charge is 2.04. The lowest BCUT2D eigenvalue weighted by atomic mass is 10.4. The molecule has 0 aliphatic carbocycles. The van der Waals surface area contributed by atoms with Crippen molar-refractivity contribution < 1.29 is 0 Å². The van der Waals surface area contributed by atoms with Crippen molar-refractivity contribution in [1.29, 1.82) is 0 Å². The molecule has 0 unspecified atom stereocenters. The summed E-state index contributed by atoms with van der Waals surface area (Å²) >= 11 is 0. The molecule has 4 heteroatoms.